The molecule has 1 aliphatic heterocycles. The zero-order valence-corrected chi connectivity index (χ0v) is 17.6. The van der Waals surface area contributed by atoms with Crippen LogP contribution in [0, 0.1) is 0 Å². The molecule has 2 aromatic rings. The highest BCUT2D eigenvalue weighted by Crippen LogP contribution is 2.30. The van der Waals surface area contributed by atoms with Crippen molar-refractivity contribution < 1.29 is 14.3 Å². The third kappa shape index (κ3) is 4.56. The van der Waals surface area contributed by atoms with E-state index in [1.807, 2.05) is 14.1 Å². The second-order valence-electron chi connectivity index (χ2n) is 8.33. The summed E-state index contributed by atoms with van der Waals surface area (Å²) in [6.07, 6.45) is 1.52. The van der Waals surface area contributed by atoms with E-state index in [0.717, 1.165) is 17.9 Å². The van der Waals surface area contributed by atoms with Gasteiger partial charge in [0.15, 0.2) is 0 Å². The number of hydrogen-bond donors (Lipinski definition) is 1. The van der Waals surface area contributed by atoms with Gasteiger partial charge in [0.2, 0.25) is 5.95 Å². The Morgan fingerprint density at radius 2 is 2.07 bits per heavy atom. The maximum atomic E-state index is 13.1. The first kappa shape index (κ1) is 20.8. The van der Waals surface area contributed by atoms with E-state index in [1.165, 1.54) is 4.90 Å². The molecule has 3 rings (SSSR count). The van der Waals surface area contributed by atoms with Gasteiger partial charge in [0.05, 0.1) is 17.0 Å². The average molecular weight is 400 g/mol. The fraction of sp³-hybridized carbons (Fsp3) is 0.500. The molecule has 2 N–H and O–H groups in total. The molecule has 29 heavy (non-hydrogen) atoms. The SMILES string of the molecule is CN(C)CCn1c(-c2ccnc(N)n2)cc2c1CCN(C(=O)OC(C)(C)C)C2=O. The lowest BCUT2D eigenvalue weighted by Crippen LogP contribution is -2.44. The minimum absolute atomic E-state index is 0.169. The van der Waals surface area contributed by atoms with Gasteiger partial charge in [-0.25, -0.2) is 19.7 Å². The molecule has 156 valence electrons. The molecule has 9 nitrogen and oxygen atoms in total. The van der Waals surface area contributed by atoms with Crippen LogP contribution in [0.5, 0.6) is 0 Å². The predicted molar refractivity (Wildman–Crippen MR) is 109 cm³/mol. The molecule has 0 saturated heterocycles. The second-order valence-corrected chi connectivity index (χ2v) is 8.33. The van der Waals surface area contributed by atoms with Crippen LogP contribution < -0.4 is 5.73 Å². The molecule has 3 heterocycles. The van der Waals surface area contributed by atoms with E-state index in [2.05, 4.69) is 19.4 Å². The summed E-state index contributed by atoms with van der Waals surface area (Å²) in [6, 6.07) is 3.55. The van der Waals surface area contributed by atoms with Gasteiger partial charge >= 0.3 is 6.09 Å². The van der Waals surface area contributed by atoms with Crippen LogP contribution in [0.3, 0.4) is 0 Å². The van der Waals surface area contributed by atoms with Crippen LogP contribution in [0.1, 0.15) is 36.8 Å². The van der Waals surface area contributed by atoms with E-state index in [-0.39, 0.29) is 18.4 Å². The predicted octanol–water partition coefficient (Wildman–Crippen LogP) is 2.02. The second kappa shape index (κ2) is 7.82. The number of nitrogens with two attached hydrogens (primary N) is 1. The van der Waals surface area contributed by atoms with Crippen molar-refractivity contribution in [2.24, 2.45) is 0 Å². The summed E-state index contributed by atoms with van der Waals surface area (Å²) in [7, 11) is 3.99. The van der Waals surface area contributed by atoms with Crippen LogP contribution in [0.25, 0.3) is 11.4 Å². The van der Waals surface area contributed by atoms with Gasteiger partial charge in [-0.15, -0.1) is 0 Å². The molecule has 0 unspecified atom stereocenters. The first-order valence-corrected chi connectivity index (χ1v) is 9.57. The van der Waals surface area contributed by atoms with E-state index >= 15 is 0 Å². The highest BCUT2D eigenvalue weighted by atomic mass is 16.6. The van der Waals surface area contributed by atoms with Gasteiger partial charge in [0.1, 0.15) is 5.60 Å². The third-order valence-corrected chi connectivity index (χ3v) is 4.58. The minimum Gasteiger partial charge on any atom is -0.443 e. The Labute approximate surface area is 170 Å². The Morgan fingerprint density at radius 3 is 2.69 bits per heavy atom. The Kier molecular flexibility index (Phi) is 5.61. The largest absolute Gasteiger partial charge is 0.443 e. The van der Waals surface area contributed by atoms with Crippen molar-refractivity contribution in [1.82, 2.24) is 24.3 Å². The maximum absolute atomic E-state index is 13.1. The molecular weight excluding hydrogens is 372 g/mol. The first-order valence-electron chi connectivity index (χ1n) is 9.57. The standard InChI is InChI=1S/C20H28N6O3/c1-20(2,3)29-19(28)26-9-7-15-13(17(26)27)12-16(25(15)11-10-24(4)5)14-6-8-22-18(21)23-14/h6,8,12H,7,9-11H2,1-5H3,(H2,21,22,23). The molecule has 0 aliphatic carbocycles. The molecule has 0 aromatic carbocycles. The number of ether oxygens (including phenoxy) is 1. The minimum atomic E-state index is -0.668. The number of nitrogen functional groups attached to an aromatic ring is 1. The fourth-order valence-corrected chi connectivity index (χ4v) is 3.28. The van der Waals surface area contributed by atoms with Crippen molar-refractivity contribution in [3.05, 3.63) is 29.6 Å². The van der Waals surface area contributed by atoms with E-state index < -0.39 is 11.7 Å². The smallest absolute Gasteiger partial charge is 0.417 e. The monoisotopic (exact) mass is 400 g/mol. The van der Waals surface area contributed by atoms with Gasteiger partial charge in [-0.1, -0.05) is 0 Å². The Hall–Kier alpha value is -2.94. The summed E-state index contributed by atoms with van der Waals surface area (Å²) in [6.45, 7) is 7.08. The van der Waals surface area contributed by atoms with Crippen LogP contribution in [0.2, 0.25) is 0 Å². The molecule has 0 radical (unpaired) electrons. The molecule has 9 heteroatoms. The van der Waals surface area contributed by atoms with Crippen LogP contribution in [-0.2, 0) is 17.7 Å². The highest BCUT2D eigenvalue weighted by molar-refractivity contribution is 6.05. The van der Waals surface area contributed by atoms with Crippen molar-refractivity contribution in [2.75, 3.05) is 32.9 Å². The molecule has 0 bridgehead atoms. The number of fused-ring (bicyclic) bond motifs is 1. The van der Waals surface area contributed by atoms with Crippen LogP contribution in [-0.4, -0.2) is 69.1 Å². The van der Waals surface area contributed by atoms with Gasteiger partial charge in [0, 0.05) is 37.9 Å². The average Bonchev–Trinajstić information content (AvgIpc) is 2.98. The Bertz CT molecular complexity index is 929. The number of likely N-dealkylation sites (N-methyl/N-ethyl adjacent to an activating group) is 1. The summed E-state index contributed by atoms with van der Waals surface area (Å²) in [5.41, 5.74) is 7.90. The zero-order valence-electron chi connectivity index (χ0n) is 17.6. The molecule has 1 aliphatic rings. The summed E-state index contributed by atoms with van der Waals surface area (Å²) in [5, 5.41) is 0. The number of carbonyl (C=O) groups is 2. The Morgan fingerprint density at radius 1 is 1.34 bits per heavy atom. The number of hydrogen-bond acceptors (Lipinski definition) is 7. The van der Waals surface area contributed by atoms with Crippen molar-refractivity contribution in [3.63, 3.8) is 0 Å². The number of nitrogens with zero attached hydrogens (tertiary/aromatic N) is 5. The van der Waals surface area contributed by atoms with Gasteiger partial charge in [-0.3, -0.25) is 4.79 Å². The van der Waals surface area contributed by atoms with E-state index in [0.29, 0.717) is 24.2 Å². The molecule has 0 atom stereocenters. The number of aromatic nitrogens is 3. The highest BCUT2D eigenvalue weighted by Gasteiger charge is 2.35. The lowest BCUT2D eigenvalue weighted by molar-refractivity contribution is 0.0232. The lowest BCUT2D eigenvalue weighted by atomic mass is 10.1. The summed E-state index contributed by atoms with van der Waals surface area (Å²) < 4.78 is 7.48. The van der Waals surface area contributed by atoms with Crippen LogP contribution in [0.4, 0.5) is 10.7 Å². The van der Waals surface area contributed by atoms with Gasteiger partial charge < -0.3 is 19.9 Å². The van der Waals surface area contributed by atoms with Crippen molar-refractivity contribution in [3.8, 4) is 11.4 Å². The third-order valence-electron chi connectivity index (χ3n) is 4.58. The normalized spacial score (nSPS) is 14.3. The fourth-order valence-electron chi connectivity index (χ4n) is 3.28. The lowest BCUT2D eigenvalue weighted by Gasteiger charge is -2.29. The quantitative estimate of drug-likeness (QED) is 0.837. The van der Waals surface area contributed by atoms with E-state index in [4.69, 9.17) is 10.5 Å². The van der Waals surface area contributed by atoms with Crippen molar-refractivity contribution >= 4 is 17.9 Å². The number of rotatable bonds is 4. The molecule has 0 spiro atoms. The number of amides is 2. The summed E-state index contributed by atoms with van der Waals surface area (Å²) in [5.74, 6) is -0.185. The van der Waals surface area contributed by atoms with Crippen molar-refractivity contribution in [1.29, 1.82) is 0 Å². The summed E-state index contributed by atoms with van der Waals surface area (Å²) >= 11 is 0. The van der Waals surface area contributed by atoms with Crippen molar-refractivity contribution in [2.45, 2.75) is 39.3 Å². The molecular formula is C20H28N6O3. The van der Waals surface area contributed by atoms with Crippen LogP contribution in [0.15, 0.2) is 18.3 Å². The number of imide groups is 1. The molecule has 0 fully saturated rings. The molecule has 2 amide bonds. The van der Waals surface area contributed by atoms with Gasteiger partial charge in [0.25, 0.3) is 5.91 Å². The first-order chi connectivity index (χ1) is 13.6. The molecule has 2 aromatic heterocycles. The summed E-state index contributed by atoms with van der Waals surface area (Å²) in [4.78, 5) is 37.1. The molecule has 0 saturated carbocycles. The number of carbonyl (C=O) groups excluding carboxylic acids is 2. The van der Waals surface area contributed by atoms with Gasteiger partial charge in [-0.05, 0) is 47.0 Å². The van der Waals surface area contributed by atoms with Gasteiger partial charge in [-0.2, -0.15) is 0 Å². The Balaban J connectivity index is 2.00. The number of anilines is 1. The van der Waals surface area contributed by atoms with E-state index in [9.17, 15) is 9.59 Å². The van der Waals surface area contributed by atoms with E-state index in [1.54, 1.807) is 39.1 Å². The maximum Gasteiger partial charge on any atom is 0.417 e. The topological polar surface area (TPSA) is 107 Å². The van der Waals surface area contributed by atoms with Crippen LogP contribution >= 0.6 is 0 Å². The zero-order chi connectivity index (χ0) is 21.3.